The molecule has 0 aromatic heterocycles. The molecule has 0 spiro atoms. The van der Waals surface area contributed by atoms with Crippen LogP contribution >= 0.6 is 11.6 Å². The molecular formula is C26H36ClN3O4. The summed E-state index contributed by atoms with van der Waals surface area (Å²) in [7, 11) is 4.25. The summed E-state index contributed by atoms with van der Waals surface area (Å²) in [6, 6.07) is 2.22. The van der Waals surface area contributed by atoms with Gasteiger partial charge in [0.1, 0.15) is 0 Å². The lowest BCUT2D eigenvalue weighted by molar-refractivity contribution is -0.125. The number of rotatable bonds is 5. The second-order valence-electron chi connectivity index (χ2n) is 10.4. The van der Waals surface area contributed by atoms with Gasteiger partial charge in [0, 0.05) is 42.3 Å². The third-order valence-electron chi connectivity index (χ3n) is 7.75. The van der Waals surface area contributed by atoms with Crippen LogP contribution in [0, 0.1) is 24.7 Å². The molecule has 186 valence electrons. The van der Waals surface area contributed by atoms with Crippen LogP contribution in [0.3, 0.4) is 0 Å². The van der Waals surface area contributed by atoms with E-state index in [4.69, 9.17) is 21.1 Å². The van der Waals surface area contributed by atoms with Crippen LogP contribution in [0.5, 0.6) is 11.5 Å². The Morgan fingerprint density at radius 1 is 1.21 bits per heavy atom. The third kappa shape index (κ3) is 4.65. The van der Waals surface area contributed by atoms with Gasteiger partial charge < -0.3 is 25.0 Å². The fraction of sp³-hybridized carbons (Fsp3) is 0.615. The van der Waals surface area contributed by atoms with Crippen molar-refractivity contribution in [3.8, 4) is 11.5 Å². The normalized spacial score (nSPS) is 30.7. The molecule has 1 saturated carbocycles. The van der Waals surface area contributed by atoms with E-state index in [-0.39, 0.29) is 36.1 Å². The highest BCUT2D eigenvalue weighted by atomic mass is 35.5. The maximum Gasteiger partial charge on any atom is 0.251 e. The molecular weight excluding hydrogens is 454 g/mol. The van der Waals surface area contributed by atoms with E-state index < -0.39 is 5.79 Å². The highest BCUT2D eigenvalue weighted by molar-refractivity contribution is 6.33. The first-order valence-corrected chi connectivity index (χ1v) is 12.5. The van der Waals surface area contributed by atoms with Gasteiger partial charge >= 0.3 is 0 Å². The number of nitrogens with zero attached hydrogens (tertiary/aromatic N) is 1. The van der Waals surface area contributed by atoms with Crippen molar-refractivity contribution in [3.63, 3.8) is 0 Å². The molecule has 2 N–H and O–H groups in total. The molecule has 1 aliphatic carbocycles. The molecule has 34 heavy (non-hydrogen) atoms. The van der Waals surface area contributed by atoms with Crippen LogP contribution < -0.4 is 20.1 Å². The summed E-state index contributed by atoms with van der Waals surface area (Å²) < 4.78 is 12.7. The fourth-order valence-electron chi connectivity index (χ4n) is 5.52. The van der Waals surface area contributed by atoms with Gasteiger partial charge in [-0.1, -0.05) is 24.6 Å². The first-order valence-electron chi connectivity index (χ1n) is 12.1. The monoisotopic (exact) mass is 489 g/mol. The van der Waals surface area contributed by atoms with Gasteiger partial charge in [-0.2, -0.15) is 0 Å². The quantitative estimate of drug-likeness (QED) is 0.645. The highest BCUT2D eigenvalue weighted by Crippen LogP contribution is 2.51. The minimum absolute atomic E-state index is 0.0405. The predicted octanol–water partition coefficient (Wildman–Crippen LogP) is 4.27. The van der Waals surface area contributed by atoms with E-state index in [1.165, 1.54) is 0 Å². The first-order chi connectivity index (χ1) is 16.0. The zero-order chi connectivity index (χ0) is 24.8. The van der Waals surface area contributed by atoms with Crippen LogP contribution in [0.25, 0.3) is 0 Å². The molecule has 0 bridgehead atoms. The Balaban J connectivity index is 1.47. The third-order valence-corrected chi connectivity index (χ3v) is 8.03. The van der Waals surface area contributed by atoms with Crippen LogP contribution in [-0.2, 0) is 4.79 Å². The summed E-state index contributed by atoms with van der Waals surface area (Å²) in [6.07, 6.45) is 6.21. The average molecular weight is 490 g/mol. The van der Waals surface area contributed by atoms with Crippen molar-refractivity contribution in [2.45, 2.75) is 65.2 Å². The predicted molar refractivity (Wildman–Crippen MR) is 132 cm³/mol. The summed E-state index contributed by atoms with van der Waals surface area (Å²) >= 11 is 6.57. The maximum atomic E-state index is 13.1. The Hall–Kier alpha value is -2.25. The lowest BCUT2D eigenvalue weighted by atomic mass is 9.81. The van der Waals surface area contributed by atoms with Gasteiger partial charge in [-0.25, -0.2) is 0 Å². The second-order valence-corrected chi connectivity index (χ2v) is 10.8. The molecule has 4 rings (SSSR count). The van der Waals surface area contributed by atoms with Crippen LogP contribution in [-0.4, -0.2) is 49.2 Å². The molecule has 7 nitrogen and oxygen atoms in total. The van der Waals surface area contributed by atoms with Crippen LogP contribution in [0.15, 0.2) is 17.8 Å². The zero-order valence-corrected chi connectivity index (χ0v) is 21.7. The molecule has 2 amide bonds. The minimum atomic E-state index is -0.803. The van der Waals surface area contributed by atoms with E-state index in [2.05, 4.69) is 29.6 Å². The summed E-state index contributed by atoms with van der Waals surface area (Å²) in [6.45, 7) is 7.91. The van der Waals surface area contributed by atoms with Gasteiger partial charge in [-0.05, 0) is 65.6 Å². The van der Waals surface area contributed by atoms with E-state index in [0.717, 1.165) is 31.4 Å². The molecule has 2 heterocycles. The van der Waals surface area contributed by atoms with Crippen molar-refractivity contribution in [1.29, 1.82) is 0 Å². The highest BCUT2D eigenvalue weighted by Gasteiger charge is 2.47. The van der Waals surface area contributed by atoms with Crippen LogP contribution in [0.2, 0.25) is 5.02 Å². The number of amides is 2. The van der Waals surface area contributed by atoms with Crippen LogP contribution in [0.1, 0.15) is 62.4 Å². The van der Waals surface area contributed by atoms with Gasteiger partial charge in [0.25, 0.3) is 11.7 Å². The smallest absolute Gasteiger partial charge is 0.251 e. The maximum absolute atomic E-state index is 13.1. The summed E-state index contributed by atoms with van der Waals surface area (Å²) in [5, 5.41) is 6.11. The molecule has 0 radical (unpaired) electrons. The Kier molecular flexibility index (Phi) is 6.89. The lowest BCUT2D eigenvalue weighted by Crippen LogP contribution is -2.46. The number of fused-ring (bicyclic) bond motifs is 1. The molecule has 8 heteroatoms. The first kappa shape index (κ1) is 24.9. The fourth-order valence-corrected chi connectivity index (χ4v) is 5.75. The Morgan fingerprint density at radius 3 is 2.47 bits per heavy atom. The van der Waals surface area contributed by atoms with Crippen molar-refractivity contribution in [3.05, 3.63) is 34.0 Å². The SMILES string of the molecule is CC1=CC(C)C(CNC(=O)c2cc(Cl)c3c(c2C)O[C@@](C)(C2CCC(N(C)C)CC2)O3)C(=O)N1. The van der Waals surface area contributed by atoms with E-state index in [1.54, 1.807) is 6.07 Å². The minimum Gasteiger partial charge on any atom is -0.448 e. The van der Waals surface area contributed by atoms with Crippen molar-refractivity contribution >= 4 is 23.4 Å². The van der Waals surface area contributed by atoms with Crippen molar-refractivity contribution in [1.82, 2.24) is 15.5 Å². The summed E-state index contributed by atoms with van der Waals surface area (Å²) in [5.74, 6) is -0.150. The van der Waals surface area contributed by atoms with Gasteiger partial charge in [-0.15, -0.1) is 0 Å². The Bertz CT molecular complexity index is 1020. The summed E-state index contributed by atoms with van der Waals surface area (Å²) in [5.41, 5.74) is 1.97. The largest absolute Gasteiger partial charge is 0.448 e. The number of carbonyl (C=O) groups is 2. The number of nitrogens with one attached hydrogen (secondary N) is 2. The molecule has 2 unspecified atom stereocenters. The van der Waals surface area contributed by atoms with Gasteiger partial charge in [0.2, 0.25) is 5.91 Å². The van der Waals surface area contributed by atoms with Gasteiger partial charge in [0.15, 0.2) is 11.5 Å². The van der Waals surface area contributed by atoms with Crippen molar-refractivity contribution in [2.75, 3.05) is 20.6 Å². The Morgan fingerprint density at radius 2 is 1.85 bits per heavy atom. The zero-order valence-electron chi connectivity index (χ0n) is 21.0. The van der Waals surface area contributed by atoms with E-state index in [1.807, 2.05) is 33.8 Å². The average Bonchev–Trinajstić information content (AvgIpc) is 3.15. The number of hydrogen-bond donors (Lipinski definition) is 2. The number of halogens is 1. The molecule has 1 aromatic rings. The molecule has 3 atom stereocenters. The molecule has 0 saturated heterocycles. The molecule has 2 aliphatic heterocycles. The van der Waals surface area contributed by atoms with E-state index in [0.29, 0.717) is 33.7 Å². The van der Waals surface area contributed by atoms with Gasteiger partial charge in [0.05, 0.1) is 10.9 Å². The van der Waals surface area contributed by atoms with Crippen molar-refractivity contribution < 1.29 is 19.1 Å². The number of carbonyl (C=O) groups excluding carboxylic acids is 2. The Labute approximate surface area is 207 Å². The number of benzene rings is 1. The number of allylic oxidation sites excluding steroid dienone is 2. The summed E-state index contributed by atoms with van der Waals surface area (Å²) in [4.78, 5) is 27.7. The van der Waals surface area contributed by atoms with Gasteiger partial charge in [-0.3, -0.25) is 9.59 Å². The van der Waals surface area contributed by atoms with Crippen molar-refractivity contribution in [2.24, 2.45) is 17.8 Å². The van der Waals surface area contributed by atoms with Crippen LogP contribution in [0.4, 0.5) is 0 Å². The number of ether oxygens (including phenoxy) is 2. The van der Waals surface area contributed by atoms with E-state index in [9.17, 15) is 9.59 Å². The second kappa shape index (κ2) is 9.42. The molecule has 1 aromatic carbocycles. The molecule has 3 aliphatic rings. The lowest BCUT2D eigenvalue weighted by Gasteiger charge is -2.39. The molecule has 1 fully saturated rings. The number of hydrogen-bond acceptors (Lipinski definition) is 5. The van der Waals surface area contributed by atoms with E-state index >= 15 is 0 Å². The topological polar surface area (TPSA) is 79.9 Å². The standard InChI is InChI=1S/C26H36ClN3O4/c1-14-11-15(2)29-25(32)20(14)13-28-24(31)19-12-21(27)23-22(16(19)3)33-26(4,34-23)17-7-9-18(10-8-17)30(5)6/h11-12,14,17-18,20H,7-10,13H2,1-6H3,(H,28,31)(H,29,32)/t14?,17?,18?,20?,26-/m1/s1.